The van der Waals surface area contributed by atoms with Crippen LogP contribution in [0.5, 0.6) is 0 Å². The highest BCUT2D eigenvalue weighted by Gasteiger charge is 2.22. The molecule has 0 radical (unpaired) electrons. The van der Waals surface area contributed by atoms with Crippen LogP contribution in [-0.4, -0.2) is 12.7 Å². The van der Waals surface area contributed by atoms with Crippen LogP contribution < -0.4 is 5.73 Å². The molecule has 0 spiro atoms. The van der Waals surface area contributed by atoms with Gasteiger partial charge in [-0.1, -0.05) is 43.5 Å². The fraction of sp³-hybridized carbons (Fsp3) is 0.647. The minimum Gasteiger partial charge on any atom is -0.376 e. The van der Waals surface area contributed by atoms with E-state index >= 15 is 0 Å². The summed E-state index contributed by atoms with van der Waals surface area (Å²) in [6.45, 7) is 7.18. The number of nitrogens with two attached hydrogens (primary N) is 1. The van der Waals surface area contributed by atoms with E-state index in [1.807, 2.05) is 0 Å². The molecular weight excluding hydrogens is 234 g/mol. The Kier molecular flexibility index (Phi) is 5.00. The van der Waals surface area contributed by atoms with Gasteiger partial charge in [0.1, 0.15) is 0 Å². The van der Waals surface area contributed by atoms with Gasteiger partial charge < -0.3 is 10.5 Å². The van der Waals surface area contributed by atoms with E-state index in [0.29, 0.717) is 18.6 Å². The van der Waals surface area contributed by atoms with Gasteiger partial charge in [0.05, 0.1) is 18.8 Å². The topological polar surface area (TPSA) is 35.2 Å². The van der Waals surface area contributed by atoms with E-state index in [1.165, 1.54) is 42.4 Å². The molecule has 1 fully saturated rings. The molecule has 0 amide bonds. The average molecular weight is 261 g/mol. The fourth-order valence-electron chi connectivity index (χ4n) is 3.09. The Morgan fingerprint density at radius 1 is 1.26 bits per heavy atom. The highest BCUT2D eigenvalue weighted by molar-refractivity contribution is 5.32. The van der Waals surface area contributed by atoms with E-state index in [4.69, 9.17) is 10.5 Å². The third-order valence-corrected chi connectivity index (χ3v) is 4.35. The lowest BCUT2D eigenvalue weighted by atomic mass is 9.88. The molecule has 106 valence electrons. The van der Waals surface area contributed by atoms with Crippen LogP contribution in [0.25, 0.3) is 0 Å². The fourth-order valence-corrected chi connectivity index (χ4v) is 3.09. The summed E-state index contributed by atoms with van der Waals surface area (Å²) in [4.78, 5) is 0. The van der Waals surface area contributed by atoms with Crippen molar-refractivity contribution in [3.8, 4) is 0 Å². The number of hydrogen-bond acceptors (Lipinski definition) is 2. The third-order valence-electron chi connectivity index (χ3n) is 4.35. The van der Waals surface area contributed by atoms with Crippen molar-refractivity contribution in [3.63, 3.8) is 0 Å². The van der Waals surface area contributed by atoms with Gasteiger partial charge in [-0.05, 0) is 43.7 Å². The van der Waals surface area contributed by atoms with Crippen LogP contribution in [0.2, 0.25) is 0 Å². The monoisotopic (exact) mass is 261 g/mol. The van der Waals surface area contributed by atoms with Crippen molar-refractivity contribution in [2.24, 2.45) is 11.7 Å². The van der Waals surface area contributed by atoms with Gasteiger partial charge >= 0.3 is 0 Å². The first kappa shape index (κ1) is 14.5. The number of rotatable bonds is 4. The summed E-state index contributed by atoms with van der Waals surface area (Å²) in [5.41, 5.74) is 10.1. The normalized spacial score (nSPS) is 25.3. The lowest BCUT2D eigenvalue weighted by molar-refractivity contribution is -0.0113. The molecule has 2 heteroatoms. The van der Waals surface area contributed by atoms with Crippen LogP contribution in [-0.2, 0) is 4.74 Å². The number of ether oxygens (including phenoxy) is 1. The zero-order valence-electron chi connectivity index (χ0n) is 12.5. The van der Waals surface area contributed by atoms with Gasteiger partial charge in [-0.2, -0.15) is 0 Å². The molecule has 3 atom stereocenters. The van der Waals surface area contributed by atoms with Crippen molar-refractivity contribution < 1.29 is 4.74 Å². The summed E-state index contributed by atoms with van der Waals surface area (Å²) in [5.74, 6) is 0.681. The van der Waals surface area contributed by atoms with E-state index < -0.39 is 0 Å². The molecule has 1 saturated carbocycles. The number of benzene rings is 1. The standard InChI is InChI=1S/C17H27NO/c1-12-8-9-15(14(3)10-12)16(18)11-19-17-7-5-4-6-13(17)2/h8-10,13,16-17H,4-7,11,18H2,1-3H3. The summed E-state index contributed by atoms with van der Waals surface area (Å²) < 4.78 is 6.07. The first-order chi connectivity index (χ1) is 9.08. The summed E-state index contributed by atoms with van der Waals surface area (Å²) in [6, 6.07) is 6.46. The summed E-state index contributed by atoms with van der Waals surface area (Å²) in [7, 11) is 0. The quantitative estimate of drug-likeness (QED) is 0.892. The average Bonchev–Trinajstić information content (AvgIpc) is 2.37. The Balaban J connectivity index is 1.91. The molecule has 2 nitrogen and oxygen atoms in total. The SMILES string of the molecule is Cc1ccc(C(N)COC2CCCCC2C)c(C)c1. The summed E-state index contributed by atoms with van der Waals surface area (Å²) in [5, 5.41) is 0. The highest BCUT2D eigenvalue weighted by atomic mass is 16.5. The van der Waals surface area contributed by atoms with E-state index in [1.54, 1.807) is 0 Å². The zero-order valence-corrected chi connectivity index (χ0v) is 12.5. The molecule has 1 aliphatic carbocycles. The molecule has 0 aliphatic heterocycles. The molecule has 1 aliphatic rings. The van der Waals surface area contributed by atoms with Gasteiger partial charge in [0.25, 0.3) is 0 Å². The first-order valence-electron chi connectivity index (χ1n) is 7.52. The lowest BCUT2D eigenvalue weighted by Gasteiger charge is -2.30. The van der Waals surface area contributed by atoms with Crippen molar-refractivity contribution >= 4 is 0 Å². The van der Waals surface area contributed by atoms with Crippen LogP contribution >= 0.6 is 0 Å². The second-order valence-corrected chi connectivity index (χ2v) is 6.10. The molecular formula is C17H27NO. The van der Waals surface area contributed by atoms with Gasteiger partial charge in [-0.25, -0.2) is 0 Å². The van der Waals surface area contributed by atoms with Crippen molar-refractivity contribution in [2.75, 3.05) is 6.61 Å². The maximum Gasteiger partial charge on any atom is 0.0663 e. The molecule has 0 saturated heterocycles. The van der Waals surface area contributed by atoms with E-state index in [9.17, 15) is 0 Å². The summed E-state index contributed by atoms with van der Waals surface area (Å²) in [6.07, 6.45) is 5.55. The van der Waals surface area contributed by atoms with E-state index in [0.717, 1.165) is 0 Å². The Morgan fingerprint density at radius 3 is 2.68 bits per heavy atom. The second kappa shape index (κ2) is 6.53. The Labute approximate surface area is 117 Å². The molecule has 1 aromatic rings. The van der Waals surface area contributed by atoms with Crippen LogP contribution in [0.4, 0.5) is 0 Å². The molecule has 2 N–H and O–H groups in total. The minimum atomic E-state index is -0.00488. The van der Waals surface area contributed by atoms with Gasteiger partial charge in [-0.15, -0.1) is 0 Å². The molecule has 0 bridgehead atoms. The number of hydrogen-bond donors (Lipinski definition) is 1. The predicted molar refractivity (Wildman–Crippen MR) is 80.2 cm³/mol. The lowest BCUT2D eigenvalue weighted by Crippen LogP contribution is -2.29. The molecule has 3 unspecified atom stereocenters. The van der Waals surface area contributed by atoms with Gasteiger partial charge in [0.2, 0.25) is 0 Å². The van der Waals surface area contributed by atoms with Crippen molar-refractivity contribution in [3.05, 3.63) is 34.9 Å². The van der Waals surface area contributed by atoms with Gasteiger partial charge in [0.15, 0.2) is 0 Å². The van der Waals surface area contributed by atoms with Gasteiger partial charge in [-0.3, -0.25) is 0 Å². The largest absolute Gasteiger partial charge is 0.376 e. The smallest absolute Gasteiger partial charge is 0.0663 e. The van der Waals surface area contributed by atoms with Crippen LogP contribution in [0, 0.1) is 19.8 Å². The highest BCUT2D eigenvalue weighted by Crippen LogP contribution is 2.27. The Morgan fingerprint density at radius 2 is 2.00 bits per heavy atom. The molecule has 0 heterocycles. The van der Waals surface area contributed by atoms with Crippen LogP contribution in [0.1, 0.15) is 55.3 Å². The maximum atomic E-state index is 6.28. The van der Waals surface area contributed by atoms with Crippen LogP contribution in [0.3, 0.4) is 0 Å². The van der Waals surface area contributed by atoms with E-state index in [-0.39, 0.29) is 6.04 Å². The number of aryl methyl sites for hydroxylation is 2. The minimum absolute atomic E-state index is 0.00488. The predicted octanol–water partition coefficient (Wildman–Crippen LogP) is 3.90. The zero-order chi connectivity index (χ0) is 13.8. The third kappa shape index (κ3) is 3.80. The van der Waals surface area contributed by atoms with Crippen molar-refractivity contribution in [1.29, 1.82) is 0 Å². The van der Waals surface area contributed by atoms with Gasteiger partial charge in [0, 0.05) is 0 Å². The molecule has 0 aromatic heterocycles. The Bertz CT molecular complexity index is 416. The molecule has 2 rings (SSSR count). The maximum absolute atomic E-state index is 6.28. The van der Waals surface area contributed by atoms with E-state index in [2.05, 4.69) is 39.0 Å². The first-order valence-corrected chi connectivity index (χ1v) is 7.52. The van der Waals surface area contributed by atoms with Crippen LogP contribution in [0.15, 0.2) is 18.2 Å². The van der Waals surface area contributed by atoms with Crippen molar-refractivity contribution in [1.82, 2.24) is 0 Å². The molecule has 1 aromatic carbocycles. The van der Waals surface area contributed by atoms with Crippen molar-refractivity contribution in [2.45, 2.75) is 58.6 Å². The second-order valence-electron chi connectivity index (χ2n) is 6.10. The molecule has 19 heavy (non-hydrogen) atoms. The summed E-state index contributed by atoms with van der Waals surface area (Å²) >= 11 is 0. The Hall–Kier alpha value is -0.860.